The summed E-state index contributed by atoms with van der Waals surface area (Å²) < 4.78 is 1.81. The van der Waals surface area contributed by atoms with Gasteiger partial charge in [0.15, 0.2) is 0 Å². The second-order valence-electron chi connectivity index (χ2n) is 12.7. The SMILES string of the molecule is Cc1cc2[cH-]c3cc(C)c(C(C)(C)C)cc3c2cc1C(C)(C)C.[C-]1=CC=CC1.[Cl-].[Cl-].[Zr+2]=[C]1CCCCCC1. The molecule has 206 valence electrons. The van der Waals surface area contributed by atoms with Gasteiger partial charge in [-0.25, -0.2) is 12.2 Å². The van der Waals surface area contributed by atoms with Crippen molar-refractivity contribution in [2.24, 2.45) is 0 Å². The van der Waals surface area contributed by atoms with Crippen LogP contribution in [-0.2, 0) is 35.1 Å². The van der Waals surface area contributed by atoms with Crippen LogP contribution in [0.4, 0.5) is 0 Å². The van der Waals surface area contributed by atoms with Crippen molar-refractivity contribution in [3.63, 3.8) is 0 Å². The Bertz CT molecular complexity index is 1170. The normalized spacial score (nSPS) is 15.2. The first kappa shape index (κ1) is 35.2. The molecule has 0 N–H and O–H groups in total. The summed E-state index contributed by atoms with van der Waals surface area (Å²) in [5.74, 6) is 0. The molecule has 0 saturated heterocycles. The molecule has 0 amide bonds. The van der Waals surface area contributed by atoms with E-state index in [0.29, 0.717) is 0 Å². The van der Waals surface area contributed by atoms with Crippen LogP contribution in [0.5, 0.6) is 0 Å². The molecule has 0 radical (unpaired) electrons. The van der Waals surface area contributed by atoms with Crippen molar-refractivity contribution >= 4 is 24.8 Å². The van der Waals surface area contributed by atoms with Gasteiger partial charge in [-0.2, -0.15) is 6.08 Å². The van der Waals surface area contributed by atoms with Gasteiger partial charge in [0.25, 0.3) is 0 Å². The second-order valence-corrected chi connectivity index (χ2v) is 14.4. The van der Waals surface area contributed by atoms with E-state index in [2.05, 4.69) is 97.9 Å². The third kappa shape index (κ3) is 9.64. The molecule has 0 aromatic heterocycles. The molecular weight excluding hydrogens is 583 g/mol. The Morgan fingerprint density at radius 3 is 1.47 bits per heavy atom. The molecule has 2 aliphatic carbocycles. The van der Waals surface area contributed by atoms with Crippen molar-refractivity contribution < 1.29 is 49.0 Å². The molecule has 0 bridgehead atoms. The molecule has 2 aliphatic rings. The van der Waals surface area contributed by atoms with E-state index < -0.39 is 0 Å². The molecular formula is C35H46Cl2Zr-2. The van der Waals surface area contributed by atoms with Gasteiger partial charge in [-0.3, -0.25) is 6.08 Å². The van der Waals surface area contributed by atoms with Crippen LogP contribution in [-0.4, -0.2) is 3.21 Å². The summed E-state index contributed by atoms with van der Waals surface area (Å²) in [6, 6.07) is 11.9. The van der Waals surface area contributed by atoms with Crippen LogP contribution >= 0.6 is 0 Å². The Kier molecular flexibility index (Phi) is 14.1. The van der Waals surface area contributed by atoms with E-state index in [1.807, 2.05) is 15.4 Å². The fourth-order valence-electron chi connectivity index (χ4n) is 5.44. The van der Waals surface area contributed by atoms with E-state index in [1.54, 1.807) is 24.2 Å². The van der Waals surface area contributed by atoms with Crippen LogP contribution in [0.25, 0.3) is 21.5 Å². The summed E-state index contributed by atoms with van der Waals surface area (Å²) in [5.41, 5.74) is 6.06. The van der Waals surface area contributed by atoms with Crippen molar-refractivity contribution in [2.45, 2.75) is 111 Å². The Morgan fingerprint density at radius 1 is 0.711 bits per heavy atom. The summed E-state index contributed by atoms with van der Waals surface area (Å²) in [6.45, 7) is 18.3. The predicted molar refractivity (Wildman–Crippen MR) is 158 cm³/mol. The van der Waals surface area contributed by atoms with Crippen molar-refractivity contribution in [2.75, 3.05) is 0 Å². The zero-order valence-corrected chi connectivity index (χ0v) is 28.8. The molecule has 3 aromatic rings. The van der Waals surface area contributed by atoms with E-state index in [4.69, 9.17) is 0 Å². The molecule has 0 unspecified atom stereocenters. The fraction of sp³-hybridized carbons (Fsp3) is 0.486. The number of benzene rings is 2. The van der Waals surface area contributed by atoms with Crippen molar-refractivity contribution in [1.82, 2.24) is 0 Å². The Balaban J connectivity index is 0.000000396. The molecule has 3 heteroatoms. The van der Waals surface area contributed by atoms with Crippen LogP contribution in [0.1, 0.15) is 109 Å². The summed E-state index contributed by atoms with van der Waals surface area (Å²) in [6.07, 6.45) is 18.8. The van der Waals surface area contributed by atoms with Gasteiger partial charge in [0, 0.05) is 0 Å². The molecule has 1 fully saturated rings. The maximum atomic E-state index is 2.99. The second kappa shape index (κ2) is 15.2. The van der Waals surface area contributed by atoms with Crippen molar-refractivity contribution in [1.29, 1.82) is 0 Å². The van der Waals surface area contributed by atoms with Crippen molar-refractivity contribution in [3.8, 4) is 0 Å². The van der Waals surface area contributed by atoms with E-state index in [1.165, 1.54) is 82.3 Å². The van der Waals surface area contributed by atoms with Gasteiger partial charge in [-0.15, -0.1) is 46.2 Å². The number of rotatable bonds is 0. The first-order valence-electron chi connectivity index (χ1n) is 13.8. The van der Waals surface area contributed by atoms with E-state index in [9.17, 15) is 0 Å². The summed E-state index contributed by atoms with van der Waals surface area (Å²) in [5, 5.41) is 5.55. The van der Waals surface area contributed by atoms with Crippen LogP contribution < -0.4 is 24.8 Å². The van der Waals surface area contributed by atoms with Crippen LogP contribution in [0.15, 0.2) is 48.6 Å². The van der Waals surface area contributed by atoms with Gasteiger partial charge in [0.2, 0.25) is 0 Å². The maximum absolute atomic E-state index is 2.99. The van der Waals surface area contributed by atoms with E-state index >= 15 is 0 Å². The molecule has 0 spiro atoms. The van der Waals surface area contributed by atoms with Crippen LogP contribution in [0.3, 0.4) is 0 Å². The molecule has 0 atom stereocenters. The topological polar surface area (TPSA) is 0 Å². The van der Waals surface area contributed by atoms with Gasteiger partial charge < -0.3 is 24.8 Å². The predicted octanol–water partition coefficient (Wildman–Crippen LogP) is 4.30. The number of halogens is 2. The Hall–Kier alpha value is -0.877. The summed E-state index contributed by atoms with van der Waals surface area (Å²) >= 11 is 1.69. The average molecular weight is 629 g/mol. The Morgan fingerprint density at radius 2 is 1.16 bits per heavy atom. The first-order chi connectivity index (χ1) is 16.9. The van der Waals surface area contributed by atoms with Crippen molar-refractivity contribution in [3.05, 3.63) is 76.9 Å². The van der Waals surface area contributed by atoms with E-state index in [0.717, 1.165) is 6.42 Å². The van der Waals surface area contributed by atoms with Crippen LogP contribution in [0, 0.1) is 19.9 Å². The quantitative estimate of drug-likeness (QED) is 0.258. The fourth-order valence-corrected chi connectivity index (χ4v) is 6.31. The molecule has 5 rings (SSSR count). The van der Waals surface area contributed by atoms with Gasteiger partial charge in [-0.1, -0.05) is 75.9 Å². The zero-order valence-electron chi connectivity index (χ0n) is 24.8. The molecule has 38 heavy (non-hydrogen) atoms. The third-order valence-corrected chi connectivity index (χ3v) is 8.53. The molecule has 0 aliphatic heterocycles. The van der Waals surface area contributed by atoms with Gasteiger partial charge >= 0.3 is 66.0 Å². The average Bonchev–Trinajstić information content (AvgIpc) is 3.39. The number of fused-ring (bicyclic) bond motifs is 3. The summed E-state index contributed by atoms with van der Waals surface area (Å²) in [4.78, 5) is 0. The van der Waals surface area contributed by atoms with E-state index in [-0.39, 0.29) is 35.6 Å². The van der Waals surface area contributed by atoms with Gasteiger partial charge in [0.05, 0.1) is 0 Å². The zero-order chi connectivity index (χ0) is 26.5. The number of allylic oxidation sites excluding steroid dienone is 4. The number of hydrogen-bond donors (Lipinski definition) is 0. The van der Waals surface area contributed by atoms with Gasteiger partial charge in [-0.05, 0) is 24.7 Å². The summed E-state index contributed by atoms with van der Waals surface area (Å²) in [7, 11) is 0. The minimum atomic E-state index is 0. The third-order valence-electron chi connectivity index (χ3n) is 7.30. The minimum absolute atomic E-state index is 0. The number of aryl methyl sites for hydroxylation is 2. The molecule has 1 saturated carbocycles. The molecule has 0 nitrogen and oxygen atoms in total. The van der Waals surface area contributed by atoms with Crippen LogP contribution in [0.2, 0.25) is 0 Å². The standard InChI is InChI=1S/C23H29.C7H12.C5H5.2ClH.Zr/c1-14-9-16-11-17-10-15(2)21(23(6,7)8)13-19(17)18(16)12-20(14)22(3,4)5;1-2-4-6-7-5-3-1;1-2-4-5-3-1;;;/h9-13H,1-8H3;1-6H2;1-3H,4H2;2*1H;/q-1;;-1;;;+2/p-2. The van der Waals surface area contributed by atoms with Gasteiger partial charge in [0.1, 0.15) is 0 Å². The monoisotopic (exact) mass is 626 g/mol. The molecule has 3 aromatic carbocycles. The molecule has 0 heterocycles. The Labute approximate surface area is 260 Å². The number of hydrogen-bond acceptors (Lipinski definition) is 0. The first-order valence-corrected chi connectivity index (χ1v) is 15.0.